The zero-order valence-corrected chi connectivity index (χ0v) is 14.4. The minimum atomic E-state index is -0.665. The van der Waals surface area contributed by atoms with Gasteiger partial charge in [0.05, 0.1) is 17.7 Å². The van der Waals surface area contributed by atoms with Gasteiger partial charge in [-0.2, -0.15) is 0 Å². The largest absolute Gasteiger partial charge is 0.335 e. The molecule has 0 saturated heterocycles. The molecule has 0 aliphatic heterocycles. The lowest BCUT2D eigenvalue weighted by Crippen LogP contribution is -2.38. The highest BCUT2D eigenvalue weighted by atomic mass is 16.6. The van der Waals surface area contributed by atoms with Crippen LogP contribution >= 0.6 is 0 Å². The lowest BCUT2D eigenvalue weighted by Gasteiger charge is -2.17. The summed E-state index contributed by atoms with van der Waals surface area (Å²) in [6.07, 6.45) is 6.28. The van der Waals surface area contributed by atoms with Gasteiger partial charge in [0.2, 0.25) is 11.8 Å². The van der Waals surface area contributed by atoms with E-state index in [1.165, 1.54) is 7.05 Å². The van der Waals surface area contributed by atoms with Gasteiger partial charge in [0.15, 0.2) is 0 Å². The molecule has 27 heavy (non-hydrogen) atoms. The van der Waals surface area contributed by atoms with E-state index in [-0.39, 0.29) is 12.2 Å². The van der Waals surface area contributed by atoms with Crippen LogP contribution in [0.25, 0.3) is 0 Å². The predicted molar refractivity (Wildman–Crippen MR) is 98.0 cm³/mol. The maximum atomic E-state index is 12.2. The molecule has 9 heteroatoms. The van der Waals surface area contributed by atoms with Crippen molar-refractivity contribution in [1.82, 2.24) is 9.47 Å². The summed E-state index contributed by atoms with van der Waals surface area (Å²) in [5, 5.41) is 13.4. The Labute approximate surface area is 154 Å². The fourth-order valence-corrected chi connectivity index (χ4v) is 2.21. The molecule has 0 atom stereocenters. The number of hydrogen-bond acceptors (Lipinski definition) is 5. The SMILES string of the molecule is C#Cc1cccc(NC(=O)CN(C)C(=O)Cn2cc([N+](=O)[O-])ccc2=O)c1. The Kier molecular flexibility index (Phi) is 6.06. The van der Waals surface area contributed by atoms with Crippen LogP contribution in [0.3, 0.4) is 0 Å². The highest BCUT2D eigenvalue weighted by Gasteiger charge is 2.16. The molecule has 0 aliphatic rings. The molecule has 0 aliphatic carbocycles. The molecular formula is C18H16N4O5. The van der Waals surface area contributed by atoms with Crippen LogP contribution in [0.15, 0.2) is 47.4 Å². The monoisotopic (exact) mass is 368 g/mol. The smallest absolute Gasteiger partial charge is 0.285 e. The first-order valence-corrected chi connectivity index (χ1v) is 7.75. The number of anilines is 1. The molecular weight excluding hydrogens is 352 g/mol. The number of nitrogens with zero attached hydrogens (tertiary/aromatic N) is 3. The molecule has 0 fully saturated rings. The van der Waals surface area contributed by atoms with Crippen LogP contribution in [0.5, 0.6) is 0 Å². The van der Waals surface area contributed by atoms with Gasteiger partial charge in [-0.05, 0) is 18.2 Å². The fourth-order valence-electron chi connectivity index (χ4n) is 2.21. The number of hydrogen-bond donors (Lipinski definition) is 1. The number of likely N-dealkylation sites (N-methyl/N-ethyl adjacent to an activating group) is 1. The van der Waals surface area contributed by atoms with Gasteiger partial charge in [-0.1, -0.05) is 12.0 Å². The maximum Gasteiger partial charge on any atom is 0.285 e. The third-order valence-electron chi connectivity index (χ3n) is 3.60. The van der Waals surface area contributed by atoms with E-state index in [9.17, 15) is 24.5 Å². The normalized spacial score (nSPS) is 9.93. The van der Waals surface area contributed by atoms with Gasteiger partial charge >= 0.3 is 0 Å². The molecule has 0 spiro atoms. The van der Waals surface area contributed by atoms with E-state index in [0.29, 0.717) is 11.3 Å². The number of benzene rings is 1. The Balaban J connectivity index is 2.00. The summed E-state index contributed by atoms with van der Waals surface area (Å²) in [5.41, 5.74) is 0.225. The maximum absolute atomic E-state index is 12.2. The van der Waals surface area contributed by atoms with Crippen molar-refractivity contribution in [1.29, 1.82) is 0 Å². The average Bonchev–Trinajstić information content (AvgIpc) is 2.63. The Hall–Kier alpha value is -3.93. The van der Waals surface area contributed by atoms with E-state index < -0.39 is 28.8 Å². The number of pyridine rings is 1. The molecule has 1 N–H and O–H groups in total. The number of nitrogens with one attached hydrogen (secondary N) is 1. The topological polar surface area (TPSA) is 115 Å². The van der Waals surface area contributed by atoms with Gasteiger partial charge in [-0.25, -0.2) is 0 Å². The van der Waals surface area contributed by atoms with Crippen molar-refractivity contribution in [3.63, 3.8) is 0 Å². The minimum absolute atomic E-state index is 0.261. The zero-order chi connectivity index (χ0) is 20.0. The summed E-state index contributed by atoms with van der Waals surface area (Å²) >= 11 is 0. The predicted octanol–water partition coefficient (Wildman–Crippen LogP) is 0.835. The number of nitro groups is 1. The Morgan fingerprint density at radius 1 is 1.33 bits per heavy atom. The van der Waals surface area contributed by atoms with Crippen LogP contribution in [-0.4, -0.2) is 39.8 Å². The van der Waals surface area contributed by atoms with Gasteiger partial charge in [0.1, 0.15) is 6.54 Å². The second-order valence-electron chi connectivity index (χ2n) is 5.63. The molecule has 2 aromatic rings. The minimum Gasteiger partial charge on any atom is -0.335 e. The van der Waals surface area contributed by atoms with E-state index in [1.54, 1.807) is 24.3 Å². The molecule has 2 amide bonds. The highest BCUT2D eigenvalue weighted by Crippen LogP contribution is 2.10. The van der Waals surface area contributed by atoms with Gasteiger partial charge in [-0.15, -0.1) is 6.42 Å². The van der Waals surface area contributed by atoms with E-state index in [2.05, 4.69) is 11.2 Å². The standard InChI is InChI=1S/C18H16N4O5/c1-3-13-5-4-6-14(9-13)19-16(23)11-20(2)18(25)12-21-10-15(22(26)27)7-8-17(21)24/h1,4-10H,11-12H2,2H3,(H,19,23). The van der Waals surface area contributed by atoms with Crippen LogP contribution in [0, 0.1) is 22.5 Å². The highest BCUT2D eigenvalue weighted by molar-refractivity contribution is 5.94. The Bertz CT molecular complexity index is 990. The quantitative estimate of drug-likeness (QED) is 0.461. The number of rotatable bonds is 6. The van der Waals surface area contributed by atoms with Crippen molar-refractivity contribution in [2.24, 2.45) is 0 Å². The average molecular weight is 368 g/mol. The molecule has 1 aromatic carbocycles. The van der Waals surface area contributed by atoms with Crippen LogP contribution in [0.1, 0.15) is 5.56 Å². The molecule has 0 saturated carbocycles. The first-order valence-electron chi connectivity index (χ1n) is 7.75. The first kappa shape index (κ1) is 19.4. The molecule has 0 unspecified atom stereocenters. The van der Waals surface area contributed by atoms with Gasteiger partial charge in [0.25, 0.3) is 11.2 Å². The third kappa shape index (κ3) is 5.27. The first-order chi connectivity index (χ1) is 12.8. The number of terminal acetylenes is 1. The summed E-state index contributed by atoms with van der Waals surface area (Å²) in [6.45, 7) is -0.681. The van der Waals surface area contributed by atoms with Crippen LogP contribution in [0.2, 0.25) is 0 Å². The number of carbonyl (C=O) groups is 2. The Morgan fingerprint density at radius 3 is 2.74 bits per heavy atom. The van der Waals surface area contributed by atoms with Gasteiger partial charge < -0.3 is 10.2 Å². The summed E-state index contributed by atoms with van der Waals surface area (Å²) in [7, 11) is 1.39. The van der Waals surface area contributed by atoms with Gasteiger partial charge in [-0.3, -0.25) is 29.1 Å². The van der Waals surface area contributed by atoms with E-state index in [4.69, 9.17) is 6.42 Å². The molecule has 2 rings (SSSR count). The lowest BCUT2D eigenvalue weighted by atomic mass is 10.2. The van der Waals surface area contributed by atoms with Crippen molar-refractivity contribution in [2.75, 3.05) is 18.9 Å². The van der Waals surface area contributed by atoms with Crippen molar-refractivity contribution in [3.05, 3.63) is 68.6 Å². The molecule has 138 valence electrons. The second kappa shape index (κ2) is 8.44. The zero-order valence-electron chi connectivity index (χ0n) is 14.4. The summed E-state index contributed by atoms with van der Waals surface area (Å²) in [4.78, 5) is 47.3. The van der Waals surface area contributed by atoms with Gasteiger partial charge in [0, 0.05) is 30.4 Å². The lowest BCUT2D eigenvalue weighted by molar-refractivity contribution is -0.385. The van der Waals surface area contributed by atoms with E-state index in [1.807, 2.05) is 0 Å². The van der Waals surface area contributed by atoms with Crippen molar-refractivity contribution in [2.45, 2.75) is 6.54 Å². The summed E-state index contributed by atoms with van der Waals surface area (Å²) in [6, 6.07) is 8.74. The van der Waals surface area contributed by atoms with Crippen molar-refractivity contribution < 1.29 is 14.5 Å². The Morgan fingerprint density at radius 2 is 2.07 bits per heavy atom. The van der Waals surface area contributed by atoms with Crippen LogP contribution < -0.4 is 10.9 Å². The number of aromatic nitrogens is 1. The van der Waals surface area contributed by atoms with E-state index >= 15 is 0 Å². The molecule has 1 aromatic heterocycles. The van der Waals surface area contributed by atoms with Crippen LogP contribution in [-0.2, 0) is 16.1 Å². The third-order valence-corrected chi connectivity index (χ3v) is 3.60. The van der Waals surface area contributed by atoms with Crippen LogP contribution in [0.4, 0.5) is 11.4 Å². The fraction of sp³-hybridized carbons (Fsp3) is 0.167. The number of amides is 2. The number of carbonyl (C=O) groups excluding carboxylic acids is 2. The van der Waals surface area contributed by atoms with E-state index in [0.717, 1.165) is 27.8 Å². The second-order valence-corrected chi connectivity index (χ2v) is 5.63. The summed E-state index contributed by atoms with van der Waals surface area (Å²) < 4.78 is 0.922. The molecule has 9 nitrogen and oxygen atoms in total. The molecule has 0 bridgehead atoms. The van der Waals surface area contributed by atoms with Crippen molar-refractivity contribution >= 4 is 23.2 Å². The molecule has 1 heterocycles. The summed E-state index contributed by atoms with van der Waals surface area (Å²) in [5.74, 6) is 1.45. The molecule has 0 radical (unpaired) electrons. The van der Waals surface area contributed by atoms with Crippen molar-refractivity contribution in [3.8, 4) is 12.3 Å².